The highest BCUT2D eigenvalue weighted by Gasteiger charge is 2.25. The van der Waals surface area contributed by atoms with Crippen LogP contribution in [0, 0.1) is 6.92 Å². The van der Waals surface area contributed by atoms with Gasteiger partial charge in [0.1, 0.15) is 5.69 Å². The molecule has 4 nitrogen and oxygen atoms in total. The topological polar surface area (TPSA) is 54.3 Å². The molecule has 0 bridgehead atoms. The van der Waals surface area contributed by atoms with Crippen LogP contribution in [0.15, 0.2) is 12.1 Å². The van der Waals surface area contributed by atoms with Crippen molar-refractivity contribution in [2.24, 2.45) is 7.05 Å². The number of aliphatic hydroxyl groups is 1. The van der Waals surface area contributed by atoms with Crippen molar-refractivity contribution in [2.45, 2.75) is 39.2 Å². The molecule has 0 aliphatic heterocycles. The number of hydrogen-bond acceptors (Lipinski definition) is 2. The van der Waals surface area contributed by atoms with Crippen molar-refractivity contribution < 1.29 is 9.90 Å². The normalized spacial score (nSPS) is 14.4. The number of nitrogens with zero attached hydrogens (tertiary/aromatic N) is 1. The third-order valence-corrected chi connectivity index (χ3v) is 3.17. The highest BCUT2D eigenvalue weighted by Crippen LogP contribution is 2.13. The molecule has 96 valence electrons. The summed E-state index contributed by atoms with van der Waals surface area (Å²) in [6.07, 6.45) is 1.68. The Balaban J connectivity index is 2.81. The maximum absolute atomic E-state index is 12.1. The number of amides is 1. The summed E-state index contributed by atoms with van der Waals surface area (Å²) < 4.78 is 1.85. The van der Waals surface area contributed by atoms with Crippen LogP contribution in [0.2, 0.25) is 0 Å². The molecular formula is C13H22N2O2. The summed E-state index contributed by atoms with van der Waals surface area (Å²) in [5.74, 6) is -0.134. The predicted octanol–water partition coefficient (Wildman–Crippen LogP) is 1.61. The molecule has 0 spiro atoms. The van der Waals surface area contributed by atoms with Crippen molar-refractivity contribution in [1.82, 2.24) is 9.88 Å². The molecule has 0 radical (unpaired) electrons. The van der Waals surface area contributed by atoms with Crippen molar-refractivity contribution in [1.29, 1.82) is 0 Å². The number of aromatic nitrogens is 1. The van der Waals surface area contributed by atoms with Crippen molar-refractivity contribution in [2.75, 3.05) is 6.61 Å². The average Bonchev–Trinajstić information content (AvgIpc) is 2.60. The van der Waals surface area contributed by atoms with Gasteiger partial charge in [0.05, 0.1) is 12.1 Å². The van der Waals surface area contributed by atoms with Gasteiger partial charge in [0.25, 0.3) is 5.91 Å². The number of rotatable bonds is 5. The van der Waals surface area contributed by atoms with Crippen LogP contribution in [0.5, 0.6) is 0 Å². The van der Waals surface area contributed by atoms with Crippen LogP contribution in [0.4, 0.5) is 0 Å². The molecule has 0 unspecified atom stereocenters. The van der Waals surface area contributed by atoms with Crippen molar-refractivity contribution in [3.8, 4) is 0 Å². The van der Waals surface area contributed by atoms with Gasteiger partial charge in [-0.15, -0.1) is 0 Å². The molecule has 0 aliphatic rings. The maximum atomic E-state index is 12.1. The van der Waals surface area contributed by atoms with E-state index in [1.807, 2.05) is 38.5 Å². The molecule has 1 heterocycles. The zero-order valence-corrected chi connectivity index (χ0v) is 11.1. The smallest absolute Gasteiger partial charge is 0.268 e. The summed E-state index contributed by atoms with van der Waals surface area (Å²) in [6, 6.07) is 3.71. The maximum Gasteiger partial charge on any atom is 0.268 e. The third kappa shape index (κ3) is 3.09. The molecular weight excluding hydrogens is 216 g/mol. The third-order valence-electron chi connectivity index (χ3n) is 3.17. The Kier molecular flexibility index (Phi) is 4.34. The van der Waals surface area contributed by atoms with Crippen molar-refractivity contribution in [3.63, 3.8) is 0 Å². The van der Waals surface area contributed by atoms with Crippen molar-refractivity contribution >= 4 is 5.91 Å². The number of aryl methyl sites for hydroxylation is 1. The first-order valence-electron chi connectivity index (χ1n) is 5.99. The highest BCUT2D eigenvalue weighted by atomic mass is 16.3. The molecule has 0 saturated carbocycles. The van der Waals surface area contributed by atoms with E-state index in [4.69, 9.17) is 0 Å². The molecule has 2 N–H and O–H groups in total. The summed E-state index contributed by atoms with van der Waals surface area (Å²) in [5.41, 5.74) is 1.12. The first-order chi connectivity index (χ1) is 7.93. The Labute approximate surface area is 103 Å². The van der Waals surface area contributed by atoms with Gasteiger partial charge in [-0.3, -0.25) is 4.79 Å². The first kappa shape index (κ1) is 13.8. The lowest BCUT2D eigenvalue weighted by Gasteiger charge is -2.28. The van der Waals surface area contributed by atoms with Crippen molar-refractivity contribution in [3.05, 3.63) is 23.5 Å². The van der Waals surface area contributed by atoms with Gasteiger partial charge in [0.2, 0.25) is 0 Å². The van der Waals surface area contributed by atoms with Gasteiger partial charge in [-0.25, -0.2) is 0 Å². The average molecular weight is 238 g/mol. The molecule has 1 amide bonds. The minimum atomic E-state index is -0.538. The lowest BCUT2D eigenvalue weighted by Crippen LogP contribution is -2.49. The number of carbonyl (C=O) groups is 1. The quantitative estimate of drug-likeness (QED) is 0.819. The van der Waals surface area contributed by atoms with E-state index in [1.165, 1.54) is 0 Å². The fraction of sp³-hybridized carbons (Fsp3) is 0.615. The number of nitrogens with one attached hydrogen (secondary N) is 1. The monoisotopic (exact) mass is 238 g/mol. The predicted molar refractivity (Wildman–Crippen MR) is 68.0 cm³/mol. The summed E-state index contributed by atoms with van der Waals surface area (Å²) in [5, 5.41) is 12.3. The number of aliphatic hydroxyl groups excluding tert-OH is 1. The first-order valence-corrected chi connectivity index (χ1v) is 5.99. The van der Waals surface area contributed by atoms with Crippen LogP contribution in [0.1, 0.15) is 42.9 Å². The summed E-state index contributed by atoms with van der Waals surface area (Å²) in [7, 11) is 1.86. The Hall–Kier alpha value is -1.29. The molecule has 1 aromatic heterocycles. The molecule has 0 aliphatic carbocycles. The molecule has 1 atom stereocenters. The van der Waals surface area contributed by atoms with Crippen LogP contribution in [0.25, 0.3) is 0 Å². The van der Waals surface area contributed by atoms with Crippen LogP contribution >= 0.6 is 0 Å². The molecule has 0 fully saturated rings. The second-order valence-corrected chi connectivity index (χ2v) is 4.84. The fourth-order valence-corrected chi connectivity index (χ4v) is 1.91. The summed E-state index contributed by atoms with van der Waals surface area (Å²) in [6.45, 7) is 5.81. The zero-order chi connectivity index (χ0) is 13.1. The lowest BCUT2D eigenvalue weighted by atomic mass is 9.97. The van der Waals surface area contributed by atoms with Gasteiger partial charge in [0.15, 0.2) is 0 Å². The van der Waals surface area contributed by atoms with Crippen LogP contribution in [-0.2, 0) is 7.05 Å². The molecule has 0 saturated heterocycles. The molecule has 17 heavy (non-hydrogen) atoms. The summed E-state index contributed by atoms with van der Waals surface area (Å²) >= 11 is 0. The van der Waals surface area contributed by atoms with E-state index in [9.17, 15) is 9.90 Å². The van der Waals surface area contributed by atoms with E-state index >= 15 is 0 Å². The number of hydrogen-bond donors (Lipinski definition) is 2. The van der Waals surface area contributed by atoms with Gasteiger partial charge in [-0.1, -0.05) is 13.3 Å². The Morgan fingerprint density at radius 3 is 2.59 bits per heavy atom. The second kappa shape index (κ2) is 5.36. The van der Waals surface area contributed by atoms with E-state index in [0.29, 0.717) is 5.69 Å². The van der Waals surface area contributed by atoms with Gasteiger partial charge in [-0.05, 0) is 32.4 Å². The minimum Gasteiger partial charge on any atom is -0.394 e. The second-order valence-electron chi connectivity index (χ2n) is 4.84. The highest BCUT2D eigenvalue weighted by molar-refractivity contribution is 5.93. The fourth-order valence-electron chi connectivity index (χ4n) is 1.91. The van der Waals surface area contributed by atoms with Crippen LogP contribution in [0.3, 0.4) is 0 Å². The molecule has 4 heteroatoms. The van der Waals surface area contributed by atoms with Gasteiger partial charge in [-0.2, -0.15) is 0 Å². The minimum absolute atomic E-state index is 0.0456. The van der Waals surface area contributed by atoms with Gasteiger partial charge < -0.3 is 15.0 Å². The van der Waals surface area contributed by atoms with Crippen LogP contribution in [-0.4, -0.2) is 27.7 Å². The van der Waals surface area contributed by atoms with E-state index in [1.54, 1.807) is 6.07 Å². The van der Waals surface area contributed by atoms with Gasteiger partial charge in [0, 0.05) is 12.7 Å². The largest absolute Gasteiger partial charge is 0.394 e. The standard InChI is InChI=1S/C13H22N2O2/c1-5-8-13(3,9-16)14-12(17)11-7-6-10(2)15(11)4/h6-7,16H,5,8-9H2,1-4H3,(H,14,17)/t13-/m1/s1. The van der Waals surface area contributed by atoms with Gasteiger partial charge >= 0.3 is 0 Å². The molecule has 0 aromatic carbocycles. The van der Waals surface area contributed by atoms with E-state index in [0.717, 1.165) is 18.5 Å². The zero-order valence-electron chi connectivity index (χ0n) is 11.1. The van der Waals surface area contributed by atoms with E-state index < -0.39 is 5.54 Å². The lowest BCUT2D eigenvalue weighted by molar-refractivity contribution is 0.0832. The molecule has 1 aromatic rings. The number of carbonyl (C=O) groups excluding carboxylic acids is 1. The Morgan fingerprint density at radius 1 is 1.53 bits per heavy atom. The Bertz CT molecular complexity index is 398. The summed E-state index contributed by atoms with van der Waals surface area (Å²) in [4.78, 5) is 12.1. The Morgan fingerprint density at radius 2 is 2.18 bits per heavy atom. The SMILES string of the molecule is CCC[C@](C)(CO)NC(=O)c1ccc(C)n1C. The van der Waals surface area contributed by atoms with E-state index in [2.05, 4.69) is 5.32 Å². The van der Waals surface area contributed by atoms with E-state index in [-0.39, 0.29) is 12.5 Å². The molecule has 1 rings (SSSR count). The van der Waals surface area contributed by atoms with Crippen LogP contribution < -0.4 is 5.32 Å².